The van der Waals surface area contributed by atoms with Gasteiger partial charge in [0, 0.05) is 30.9 Å². The summed E-state index contributed by atoms with van der Waals surface area (Å²) >= 11 is 0. The second-order valence-electron chi connectivity index (χ2n) is 7.76. The highest BCUT2D eigenvalue weighted by Gasteiger charge is 2.22. The predicted molar refractivity (Wildman–Crippen MR) is 107 cm³/mol. The number of benzene rings is 1. The molecule has 3 heterocycles. The van der Waals surface area contributed by atoms with Crippen molar-refractivity contribution in [3.05, 3.63) is 59.9 Å². The first kappa shape index (κ1) is 17.5. The highest BCUT2D eigenvalue weighted by molar-refractivity contribution is 5.65. The molecular formula is C22H30N4. The number of hydrogen-bond acceptors (Lipinski definition) is 3. The maximum absolute atomic E-state index is 4.56. The van der Waals surface area contributed by atoms with E-state index in [2.05, 4.69) is 64.6 Å². The minimum Gasteiger partial charge on any atom is -0.303 e. The molecule has 0 aliphatic carbocycles. The normalized spacial score (nSPS) is 21.9. The van der Waals surface area contributed by atoms with Gasteiger partial charge in [-0.2, -0.15) is 5.10 Å². The van der Waals surface area contributed by atoms with E-state index in [4.69, 9.17) is 0 Å². The van der Waals surface area contributed by atoms with Crippen molar-refractivity contribution in [2.75, 3.05) is 33.2 Å². The average Bonchev–Trinajstić information content (AvgIpc) is 3.30. The average molecular weight is 351 g/mol. The molecule has 1 unspecified atom stereocenters. The second-order valence-corrected chi connectivity index (χ2v) is 7.76. The van der Waals surface area contributed by atoms with Gasteiger partial charge in [-0.1, -0.05) is 36.4 Å². The molecule has 1 saturated heterocycles. The van der Waals surface area contributed by atoms with Gasteiger partial charge in [0.25, 0.3) is 0 Å². The Bertz CT molecular complexity index is 734. The Balaban J connectivity index is 1.30. The third kappa shape index (κ3) is 4.25. The summed E-state index contributed by atoms with van der Waals surface area (Å²) in [6.45, 7) is 5.60. The monoisotopic (exact) mass is 350 g/mol. The van der Waals surface area contributed by atoms with Crippen LogP contribution in [0.15, 0.2) is 48.8 Å². The Labute approximate surface area is 157 Å². The van der Waals surface area contributed by atoms with Crippen LogP contribution in [-0.2, 0) is 6.54 Å². The molecule has 1 atom stereocenters. The Hall–Kier alpha value is -1.91. The van der Waals surface area contributed by atoms with E-state index in [1.807, 2.05) is 10.9 Å². The van der Waals surface area contributed by atoms with E-state index in [9.17, 15) is 0 Å². The zero-order valence-electron chi connectivity index (χ0n) is 15.8. The van der Waals surface area contributed by atoms with Gasteiger partial charge in [0.1, 0.15) is 0 Å². The van der Waals surface area contributed by atoms with E-state index in [0.717, 1.165) is 25.6 Å². The number of aromatic nitrogens is 2. The van der Waals surface area contributed by atoms with Crippen molar-refractivity contribution >= 4 is 5.57 Å². The van der Waals surface area contributed by atoms with E-state index in [0.29, 0.717) is 0 Å². The van der Waals surface area contributed by atoms with Gasteiger partial charge >= 0.3 is 0 Å². The molecule has 1 fully saturated rings. The SMILES string of the molecule is CN1CCCC1CCN1CC=C(c2cnn(Cc3ccccc3)c2)CC1. The standard InChI is InChI=1S/C22H30N4/c1-24-12-5-8-22(24)11-15-25-13-9-20(10-14-25)21-16-23-26(18-21)17-19-6-3-2-4-7-19/h2-4,6-7,9,16,18,22H,5,8,10-15,17H2,1H3. The van der Waals surface area contributed by atoms with Crippen LogP contribution in [0.2, 0.25) is 0 Å². The van der Waals surface area contributed by atoms with Crippen LogP contribution in [0, 0.1) is 0 Å². The quantitative estimate of drug-likeness (QED) is 0.797. The molecule has 26 heavy (non-hydrogen) atoms. The summed E-state index contributed by atoms with van der Waals surface area (Å²) in [4.78, 5) is 5.14. The number of hydrogen-bond donors (Lipinski definition) is 0. The van der Waals surface area contributed by atoms with Crippen molar-refractivity contribution in [2.24, 2.45) is 0 Å². The molecule has 0 spiro atoms. The Morgan fingerprint density at radius 1 is 1.15 bits per heavy atom. The third-order valence-corrected chi connectivity index (χ3v) is 5.93. The van der Waals surface area contributed by atoms with Crippen LogP contribution < -0.4 is 0 Å². The van der Waals surface area contributed by atoms with Crippen LogP contribution in [0.4, 0.5) is 0 Å². The number of nitrogens with zero attached hydrogens (tertiary/aromatic N) is 4. The molecule has 4 nitrogen and oxygen atoms in total. The highest BCUT2D eigenvalue weighted by Crippen LogP contribution is 2.23. The molecule has 1 aromatic heterocycles. The van der Waals surface area contributed by atoms with Gasteiger partial charge in [-0.15, -0.1) is 0 Å². The Morgan fingerprint density at radius 2 is 2.04 bits per heavy atom. The molecule has 0 radical (unpaired) electrons. The van der Waals surface area contributed by atoms with E-state index in [1.54, 1.807) is 0 Å². The van der Waals surface area contributed by atoms with Crippen molar-refractivity contribution in [1.82, 2.24) is 19.6 Å². The van der Waals surface area contributed by atoms with Gasteiger partial charge in [0.15, 0.2) is 0 Å². The summed E-state index contributed by atoms with van der Waals surface area (Å²) < 4.78 is 2.05. The van der Waals surface area contributed by atoms with Crippen LogP contribution in [0.25, 0.3) is 5.57 Å². The van der Waals surface area contributed by atoms with Crippen LogP contribution in [0.1, 0.15) is 36.8 Å². The number of rotatable bonds is 6. The van der Waals surface area contributed by atoms with Crippen molar-refractivity contribution in [3.8, 4) is 0 Å². The first-order valence-electron chi connectivity index (χ1n) is 9.96. The smallest absolute Gasteiger partial charge is 0.0659 e. The lowest BCUT2D eigenvalue weighted by Gasteiger charge is -2.28. The first-order valence-corrected chi connectivity index (χ1v) is 9.96. The lowest BCUT2D eigenvalue weighted by Crippen LogP contribution is -2.34. The van der Waals surface area contributed by atoms with Gasteiger partial charge < -0.3 is 4.90 Å². The molecule has 0 N–H and O–H groups in total. The van der Waals surface area contributed by atoms with Crippen LogP contribution in [0.5, 0.6) is 0 Å². The summed E-state index contributed by atoms with van der Waals surface area (Å²) in [5.74, 6) is 0. The first-order chi connectivity index (χ1) is 12.8. The van der Waals surface area contributed by atoms with Crippen LogP contribution in [-0.4, -0.2) is 58.8 Å². The van der Waals surface area contributed by atoms with E-state index < -0.39 is 0 Å². The van der Waals surface area contributed by atoms with Gasteiger partial charge in [0.05, 0.1) is 12.7 Å². The fraction of sp³-hybridized carbons (Fsp3) is 0.500. The van der Waals surface area contributed by atoms with Crippen LogP contribution >= 0.6 is 0 Å². The zero-order chi connectivity index (χ0) is 17.8. The molecule has 4 heteroatoms. The van der Waals surface area contributed by atoms with Gasteiger partial charge in [0.2, 0.25) is 0 Å². The van der Waals surface area contributed by atoms with Crippen molar-refractivity contribution in [3.63, 3.8) is 0 Å². The summed E-state index contributed by atoms with van der Waals surface area (Å²) in [5, 5.41) is 4.56. The second kappa shape index (κ2) is 8.19. The minimum atomic E-state index is 0.802. The minimum absolute atomic E-state index is 0.802. The summed E-state index contributed by atoms with van der Waals surface area (Å²) in [6.07, 6.45) is 11.8. The molecule has 2 aliphatic heterocycles. The van der Waals surface area contributed by atoms with Gasteiger partial charge in [-0.3, -0.25) is 9.58 Å². The topological polar surface area (TPSA) is 24.3 Å². The van der Waals surface area contributed by atoms with Gasteiger partial charge in [-0.25, -0.2) is 0 Å². The maximum Gasteiger partial charge on any atom is 0.0659 e. The lowest BCUT2D eigenvalue weighted by molar-refractivity contribution is 0.236. The third-order valence-electron chi connectivity index (χ3n) is 5.93. The van der Waals surface area contributed by atoms with Crippen molar-refractivity contribution in [1.29, 1.82) is 0 Å². The van der Waals surface area contributed by atoms with Crippen LogP contribution in [0.3, 0.4) is 0 Å². The molecule has 1 aromatic carbocycles. The summed E-state index contributed by atoms with van der Waals surface area (Å²) in [7, 11) is 2.28. The molecule has 0 saturated carbocycles. The lowest BCUT2D eigenvalue weighted by atomic mass is 10.0. The number of likely N-dealkylation sites (tertiary alicyclic amines) is 1. The summed E-state index contributed by atoms with van der Waals surface area (Å²) in [6, 6.07) is 11.3. The van der Waals surface area contributed by atoms with E-state index in [1.165, 1.54) is 55.6 Å². The zero-order valence-corrected chi connectivity index (χ0v) is 15.8. The molecule has 0 amide bonds. The fourth-order valence-corrected chi connectivity index (χ4v) is 4.24. The van der Waals surface area contributed by atoms with Crippen molar-refractivity contribution in [2.45, 2.75) is 38.3 Å². The molecule has 2 aliphatic rings. The fourth-order valence-electron chi connectivity index (χ4n) is 4.24. The highest BCUT2D eigenvalue weighted by atomic mass is 15.3. The summed E-state index contributed by atoms with van der Waals surface area (Å²) in [5.41, 5.74) is 4.04. The molecule has 2 aromatic rings. The molecular weight excluding hydrogens is 320 g/mol. The van der Waals surface area contributed by atoms with E-state index >= 15 is 0 Å². The molecule has 4 rings (SSSR count). The van der Waals surface area contributed by atoms with Gasteiger partial charge in [-0.05, 0) is 57.0 Å². The molecule has 138 valence electrons. The Morgan fingerprint density at radius 3 is 2.77 bits per heavy atom. The molecule has 0 bridgehead atoms. The predicted octanol–water partition coefficient (Wildman–Crippen LogP) is 3.50. The Kier molecular flexibility index (Phi) is 5.51. The maximum atomic E-state index is 4.56. The van der Waals surface area contributed by atoms with E-state index in [-0.39, 0.29) is 0 Å². The largest absolute Gasteiger partial charge is 0.303 e. The van der Waals surface area contributed by atoms with Crippen molar-refractivity contribution < 1.29 is 0 Å².